The first kappa shape index (κ1) is 43.8. The SMILES string of the molecule is CC[C@H]1C/C=C/C[C@@H](C)Oc2ccccc2C(=O)N(C)[C@H](C(C)C)C(=O)N1.CC[C@H]1C/C=C\C[C@@H](C)Oc2ccccc2C(=O)N(C)[C@H](C(C)C)C(=O)N1. The van der Waals surface area contributed by atoms with Crippen LogP contribution in [0.4, 0.5) is 0 Å². The number of benzene rings is 2. The molecule has 2 aromatic carbocycles. The molecule has 0 saturated heterocycles. The molecule has 10 heteroatoms. The fourth-order valence-corrected chi connectivity index (χ4v) is 6.83. The molecule has 0 unspecified atom stereocenters. The Kier molecular flexibility index (Phi) is 17.3. The second kappa shape index (κ2) is 21.3. The summed E-state index contributed by atoms with van der Waals surface area (Å²) in [4.78, 5) is 55.3. The number of para-hydroxylation sites is 2. The minimum atomic E-state index is -0.538. The van der Waals surface area contributed by atoms with Gasteiger partial charge in [0, 0.05) is 39.0 Å². The van der Waals surface area contributed by atoms with Crippen LogP contribution in [0.3, 0.4) is 0 Å². The van der Waals surface area contributed by atoms with Crippen LogP contribution in [0.15, 0.2) is 72.8 Å². The van der Waals surface area contributed by atoms with Gasteiger partial charge in [-0.05, 0) is 75.6 Å². The van der Waals surface area contributed by atoms with E-state index in [2.05, 4.69) is 48.8 Å². The number of nitrogens with zero attached hydrogens (tertiary/aromatic N) is 2. The number of hydrogen-bond acceptors (Lipinski definition) is 6. The maximum absolute atomic E-state index is 13.2. The Morgan fingerprint density at radius 1 is 0.593 bits per heavy atom. The molecule has 2 aromatic rings. The zero-order valence-corrected chi connectivity index (χ0v) is 34.1. The molecule has 2 N–H and O–H groups in total. The van der Waals surface area contributed by atoms with Gasteiger partial charge in [-0.15, -0.1) is 0 Å². The Bertz CT molecular complexity index is 1490. The molecule has 0 fully saturated rings. The first-order chi connectivity index (χ1) is 25.7. The first-order valence-corrected chi connectivity index (χ1v) is 19.7. The van der Waals surface area contributed by atoms with Crippen molar-refractivity contribution in [3.63, 3.8) is 0 Å². The standard InChI is InChI=1S/2C22H32N2O3/c2*1-6-17-12-8-7-11-16(4)27-19-14-10-9-13-18(19)22(26)24(5)20(15(2)3)21(25)23-17/h2*7-10,13-17,20H,6,11-12H2,1-5H3,(H,23,25)/b8-7+;8-7-/t2*16-,17+,20-/m11/s1. The molecule has 2 aliphatic heterocycles. The molecule has 4 amide bonds. The molecule has 54 heavy (non-hydrogen) atoms. The Morgan fingerprint density at radius 3 is 1.26 bits per heavy atom. The van der Waals surface area contributed by atoms with Crippen LogP contribution in [0.5, 0.6) is 11.5 Å². The third-order valence-corrected chi connectivity index (χ3v) is 9.96. The molecule has 0 bridgehead atoms. The van der Waals surface area contributed by atoms with Crippen molar-refractivity contribution in [1.82, 2.24) is 20.4 Å². The molecule has 0 saturated carbocycles. The van der Waals surface area contributed by atoms with Crippen LogP contribution in [0.1, 0.15) is 115 Å². The van der Waals surface area contributed by atoms with E-state index in [4.69, 9.17) is 9.47 Å². The maximum Gasteiger partial charge on any atom is 0.258 e. The van der Waals surface area contributed by atoms with Crippen molar-refractivity contribution in [2.45, 2.75) is 130 Å². The van der Waals surface area contributed by atoms with E-state index in [1.807, 2.05) is 77.9 Å². The summed E-state index contributed by atoms with van der Waals surface area (Å²) in [5, 5.41) is 6.25. The van der Waals surface area contributed by atoms with Gasteiger partial charge in [0.1, 0.15) is 23.6 Å². The van der Waals surface area contributed by atoms with Gasteiger partial charge in [0.25, 0.3) is 11.8 Å². The van der Waals surface area contributed by atoms with E-state index in [1.54, 1.807) is 36.0 Å². The monoisotopic (exact) mass is 744 g/mol. The smallest absolute Gasteiger partial charge is 0.258 e. The van der Waals surface area contributed by atoms with E-state index in [0.29, 0.717) is 22.6 Å². The van der Waals surface area contributed by atoms with Crippen molar-refractivity contribution in [2.24, 2.45) is 11.8 Å². The highest BCUT2D eigenvalue weighted by molar-refractivity contribution is 6.00. The fourth-order valence-electron chi connectivity index (χ4n) is 6.83. The highest BCUT2D eigenvalue weighted by atomic mass is 16.5. The Labute approximate surface area is 323 Å². The molecule has 296 valence electrons. The van der Waals surface area contributed by atoms with E-state index in [1.165, 1.54) is 0 Å². The minimum Gasteiger partial charge on any atom is -0.490 e. The van der Waals surface area contributed by atoms with Crippen molar-refractivity contribution in [3.05, 3.63) is 84.0 Å². The number of hydrogen-bond donors (Lipinski definition) is 2. The lowest BCUT2D eigenvalue weighted by Gasteiger charge is -2.32. The number of rotatable bonds is 4. The molecule has 0 radical (unpaired) electrons. The third kappa shape index (κ3) is 12.2. The average molecular weight is 745 g/mol. The van der Waals surface area contributed by atoms with Crippen molar-refractivity contribution >= 4 is 23.6 Å². The summed E-state index contributed by atoms with van der Waals surface area (Å²) in [6, 6.07) is 13.5. The van der Waals surface area contributed by atoms with Gasteiger partial charge in [-0.25, -0.2) is 0 Å². The van der Waals surface area contributed by atoms with Gasteiger partial charge in [-0.1, -0.05) is 90.1 Å². The van der Waals surface area contributed by atoms with E-state index >= 15 is 0 Å². The molecule has 0 spiro atoms. The van der Waals surface area contributed by atoms with Crippen LogP contribution in [0.25, 0.3) is 0 Å². The van der Waals surface area contributed by atoms with Gasteiger partial charge in [-0.2, -0.15) is 0 Å². The maximum atomic E-state index is 13.2. The Hall–Kier alpha value is -4.60. The Balaban J connectivity index is 0.000000290. The first-order valence-electron chi connectivity index (χ1n) is 19.7. The van der Waals surface area contributed by atoms with Crippen molar-refractivity contribution in [2.75, 3.05) is 14.1 Å². The van der Waals surface area contributed by atoms with Crippen LogP contribution in [0, 0.1) is 11.8 Å². The Morgan fingerprint density at radius 2 is 0.926 bits per heavy atom. The molecule has 6 atom stereocenters. The number of nitrogens with one attached hydrogen (secondary N) is 2. The van der Waals surface area contributed by atoms with Crippen LogP contribution in [-0.4, -0.2) is 83.9 Å². The molecular weight excluding hydrogens is 681 g/mol. The topological polar surface area (TPSA) is 117 Å². The van der Waals surface area contributed by atoms with Crippen molar-refractivity contribution in [1.29, 1.82) is 0 Å². The predicted octanol–water partition coefficient (Wildman–Crippen LogP) is 7.59. The lowest BCUT2D eigenvalue weighted by Crippen LogP contribution is -2.52. The number of ether oxygens (including phenoxy) is 2. The summed E-state index contributed by atoms with van der Waals surface area (Å²) in [6.07, 6.45) is 13.0. The van der Waals surface area contributed by atoms with Crippen LogP contribution in [-0.2, 0) is 9.59 Å². The van der Waals surface area contributed by atoms with Gasteiger partial charge in [0.05, 0.1) is 23.3 Å². The molecular formula is C44H64N4O6. The largest absolute Gasteiger partial charge is 0.490 e. The molecule has 2 aliphatic rings. The second-order valence-electron chi connectivity index (χ2n) is 15.2. The lowest BCUT2D eigenvalue weighted by atomic mass is 9.99. The third-order valence-electron chi connectivity index (χ3n) is 9.96. The van der Waals surface area contributed by atoms with Gasteiger partial charge in [-0.3, -0.25) is 19.2 Å². The van der Waals surface area contributed by atoms with E-state index in [0.717, 1.165) is 38.5 Å². The number of carbonyl (C=O) groups excluding carboxylic acids is 4. The molecule has 4 rings (SSSR count). The quantitative estimate of drug-likeness (QED) is 0.312. The van der Waals surface area contributed by atoms with Crippen LogP contribution >= 0.6 is 0 Å². The summed E-state index contributed by atoms with van der Waals surface area (Å²) >= 11 is 0. The van der Waals surface area contributed by atoms with Gasteiger partial charge in [0.2, 0.25) is 11.8 Å². The number of amides is 4. The number of likely N-dealkylation sites (N-methyl/N-ethyl adjacent to an activating group) is 2. The average Bonchev–Trinajstić information content (AvgIpc) is 3.13. The zero-order chi connectivity index (χ0) is 39.9. The van der Waals surface area contributed by atoms with Crippen molar-refractivity contribution in [3.8, 4) is 11.5 Å². The highest BCUT2D eigenvalue weighted by Gasteiger charge is 2.34. The van der Waals surface area contributed by atoms with E-state index in [9.17, 15) is 19.2 Å². The van der Waals surface area contributed by atoms with E-state index in [-0.39, 0.29) is 59.8 Å². The molecule has 0 aromatic heterocycles. The summed E-state index contributed by atoms with van der Waals surface area (Å²) in [6.45, 7) is 16.0. The normalized spacial score (nSPS) is 26.0. The summed E-state index contributed by atoms with van der Waals surface area (Å²) in [5.74, 6) is 0.483. The fraction of sp³-hybridized carbons (Fsp3) is 0.545. The van der Waals surface area contributed by atoms with Crippen molar-refractivity contribution < 1.29 is 28.7 Å². The highest BCUT2D eigenvalue weighted by Crippen LogP contribution is 2.26. The summed E-state index contributed by atoms with van der Waals surface area (Å²) in [5.41, 5.74) is 0.969. The second-order valence-corrected chi connectivity index (χ2v) is 15.2. The minimum absolute atomic E-state index is 0.00749. The number of carbonyl (C=O) groups is 4. The summed E-state index contributed by atoms with van der Waals surface area (Å²) < 4.78 is 12.1. The van der Waals surface area contributed by atoms with Crippen LogP contribution < -0.4 is 20.1 Å². The predicted molar refractivity (Wildman–Crippen MR) is 216 cm³/mol. The van der Waals surface area contributed by atoms with Gasteiger partial charge < -0.3 is 29.9 Å². The molecule has 2 heterocycles. The van der Waals surface area contributed by atoms with Gasteiger partial charge in [0.15, 0.2) is 0 Å². The lowest BCUT2D eigenvalue weighted by molar-refractivity contribution is -0.128. The van der Waals surface area contributed by atoms with Gasteiger partial charge >= 0.3 is 0 Å². The van der Waals surface area contributed by atoms with E-state index < -0.39 is 12.1 Å². The zero-order valence-electron chi connectivity index (χ0n) is 34.1. The molecule has 0 aliphatic carbocycles. The summed E-state index contributed by atoms with van der Waals surface area (Å²) in [7, 11) is 3.39. The molecule has 10 nitrogen and oxygen atoms in total. The number of fused-ring (bicyclic) bond motifs is 2. The van der Waals surface area contributed by atoms with Crippen LogP contribution in [0.2, 0.25) is 0 Å².